The first-order chi connectivity index (χ1) is 14.9. The van der Waals surface area contributed by atoms with Gasteiger partial charge in [0.05, 0.1) is 19.7 Å². The van der Waals surface area contributed by atoms with E-state index in [9.17, 15) is 13.6 Å². The van der Waals surface area contributed by atoms with E-state index in [0.717, 1.165) is 0 Å². The number of benzene rings is 3. The van der Waals surface area contributed by atoms with Crippen molar-refractivity contribution in [3.63, 3.8) is 0 Å². The van der Waals surface area contributed by atoms with Crippen molar-refractivity contribution in [3.8, 4) is 11.5 Å². The predicted molar refractivity (Wildman–Crippen MR) is 117 cm³/mol. The molecule has 1 amide bonds. The first-order valence-electron chi connectivity index (χ1n) is 9.25. The Bertz CT molecular complexity index is 1090. The minimum atomic E-state index is -0.357. The number of carbonyl (C=O) groups excluding carboxylic acids is 1. The zero-order valence-electron chi connectivity index (χ0n) is 16.6. The van der Waals surface area contributed by atoms with Gasteiger partial charge in [-0.3, -0.25) is 4.79 Å². The summed E-state index contributed by atoms with van der Waals surface area (Å²) in [5.41, 5.74) is 4.45. The maximum Gasteiger partial charge on any atom is 0.244 e. The highest BCUT2D eigenvalue weighted by Gasteiger charge is 2.10. The summed E-state index contributed by atoms with van der Waals surface area (Å²) in [6, 6.07) is 15.2. The number of ether oxygens (including phenoxy) is 2. The summed E-state index contributed by atoms with van der Waals surface area (Å²) in [5.74, 6) is -0.0950. The van der Waals surface area contributed by atoms with Gasteiger partial charge < -0.3 is 9.47 Å². The third-order valence-electron chi connectivity index (χ3n) is 4.24. The van der Waals surface area contributed by atoms with Crippen LogP contribution in [0.3, 0.4) is 0 Å². The Morgan fingerprint density at radius 3 is 2.52 bits per heavy atom. The molecule has 3 aromatic carbocycles. The predicted octanol–water partition coefficient (Wildman–Crippen LogP) is 5.01. The molecule has 0 aliphatic carbocycles. The first-order valence-corrected chi connectivity index (χ1v) is 10.0. The lowest BCUT2D eigenvalue weighted by Gasteiger charge is -2.13. The van der Waals surface area contributed by atoms with Crippen LogP contribution < -0.4 is 14.9 Å². The summed E-state index contributed by atoms with van der Waals surface area (Å²) < 4.78 is 38.0. The van der Waals surface area contributed by atoms with Crippen LogP contribution in [0.15, 0.2) is 70.2 Å². The fourth-order valence-corrected chi connectivity index (χ4v) is 3.14. The van der Waals surface area contributed by atoms with Gasteiger partial charge in [0.25, 0.3) is 0 Å². The van der Waals surface area contributed by atoms with Crippen LogP contribution in [-0.4, -0.2) is 19.2 Å². The standard InChI is InChI=1S/C23H19BrF2N2O3/c1-30-21-11-17(13-27-28-23(29)10-15-5-7-18(25)8-6-15)20(24)12-22(21)31-14-16-3-2-4-19(26)9-16/h2-9,11-13H,10,14H2,1H3,(H,28,29)/b27-13+. The number of rotatable bonds is 8. The minimum absolute atomic E-state index is 0.0783. The van der Waals surface area contributed by atoms with Crippen molar-refractivity contribution in [2.75, 3.05) is 7.11 Å². The molecular formula is C23H19BrF2N2O3. The lowest BCUT2D eigenvalue weighted by Crippen LogP contribution is -2.19. The van der Waals surface area contributed by atoms with Gasteiger partial charge in [0.15, 0.2) is 11.5 Å². The third kappa shape index (κ3) is 6.62. The largest absolute Gasteiger partial charge is 0.493 e. The number of nitrogens with zero attached hydrogens (tertiary/aromatic N) is 1. The molecule has 0 saturated carbocycles. The highest BCUT2D eigenvalue weighted by Crippen LogP contribution is 2.33. The molecule has 3 aromatic rings. The maximum atomic E-state index is 13.3. The monoisotopic (exact) mass is 488 g/mol. The Kier molecular flexibility index (Phi) is 7.72. The molecule has 160 valence electrons. The smallest absolute Gasteiger partial charge is 0.244 e. The normalized spacial score (nSPS) is 10.8. The highest BCUT2D eigenvalue weighted by molar-refractivity contribution is 9.10. The van der Waals surface area contributed by atoms with Crippen LogP contribution in [0, 0.1) is 11.6 Å². The molecule has 0 aromatic heterocycles. The van der Waals surface area contributed by atoms with Crippen LogP contribution in [0.25, 0.3) is 0 Å². The molecule has 5 nitrogen and oxygen atoms in total. The van der Waals surface area contributed by atoms with Crippen molar-refractivity contribution in [2.45, 2.75) is 13.0 Å². The number of carbonyl (C=O) groups is 1. The molecular weight excluding hydrogens is 470 g/mol. The molecule has 0 aliphatic heterocycles. The fraction of sp³-hybridized carbons (Fsp3) is 0.130. The van der Waals surface area contributed by atoms with E-state index in [0.29, 0.717) is 32.7 Å². The molecule has 0 bridgehead atoms. The van der Waals surface area contributed by atoms with E-state index in [2.05, 4.69) is 26.5 Å². The second-order valence-electron chi connectivity index (χ2n) is 6.54. The van der Waals surface area contributed by atoms with Gasteiger partial charge in [-0.05, 0) is 63.5 Å². The molecule has 0 heterocycles. The van der Waals surface area contributed by atoms with Crippen LogP contribution in [-0.2, 0) is 17.8 Å². The molecule has 3 rings (SSSR count). The molecule has 0 aliphatic rings. The van der Waals surface area contributed by atoms with E-state index in [1.54, 1.807) is 36.4 Å². The summed E-state index contributed by atoms with van der Waals surface area (Å²) in [6.07, 6.45) is 1.54. The SMILES string of the molecule is COc1cc(/C=N/NC(=O)Cc2ccc(F)cc2)c(Br)cc1OCc1cccc(F)c1. The van der Waals surface area contributed by atoms with Crippen LogP contribution in [0.2, 0.25) is 0 Å². The van der Waals surface area contributed by atoms with Crippen molar-refractivity contribution in [3.05, 3.63) is 93.5 Å². The lowest BCUT2D eigenvalue weighted by atomic mass is 10.1. The summed E-state index contributed by atoms with van der Waals surface area (Å²) >= 11 is 3.44. The van der Waals surface area contributed by atoms with Gasteiger partial charge in [-0.2, -0.15) is 5.10 Å². The van der Waals surface area contributed by atoms with Gasteiger partial charge in [0.2, 0.25) is 5.91 Å². The average molecular weight is 489 g/mol. The zero-order chi connectivity index (χ0) is 22.2. The van der Waals surface area contributed by atoms with E-state index in [-0.39, 0.29) is 30.6 Å². The van der Waals surface area contributed by atoms with Crippen molar-refractivity contribution in [2.24, 2.45) is 5.10 Å². The van der Waals surface area contributed by atoms with Crippen LogP contribution >= 0.6 is 15.9 Å². The molecule has 8 heteroatoms. The van der Waals surface area contributed by atoms with Crippen molar-refractivity contribution >= 4 is 28.1 Å². The number of halogens is 3. The molecule has 1 N–H and O–H groups in total. The zero-order valence-corrected chi connectivity index (χ0v) is 18.2. The molecule has 0 atom stereocenters. The minimum Gasteiger partial charge on any atom is -0.493 e. The molecule has 0 saturated heterocycles. The fourth-order valence-electron chi connectivity index (χ4n) is 2.71. The number of hydrazone groups is 1. The van der Waals surface area contributed by atoms with E-state index in [1.165, 1.54) is 37.6 Å². The summed E-state index contributed by atoms with van der Waals surface area (Å²) in [7, 11) is 1.50. The van der Waals surface area contributed by atoms with Crippen molar-refractivity contribution in [1.29, 1.82) is 0 Å². The lowest BCUT2D eigenvalue weighted by molar-refractivity contribution is -0.120. The molecule has 0 radical (unpaired) electrons. The molecule has 0 unspecified atom stereocenters. The molecule has 31 heavy (non-hydrogen) atoms. The molecule has 0 spiro atoms. The Hall–Kier alpha value is -3.26. The van der Waals surface area contributed by atoms with Crippen LogP contribution in [0.1, 0.15) is 16.7 Å². The van der Waals surface area contributed by atoms with Gasteiger partial charge in [0, 0.05) is 10.0 Å². The van der Waals surface area contributed by atoms with Crippen molar-refractivity contribution < 1.29 is 23.0 Å². The van der Waals surface area contributed by atoms with E-state index in [1.807, 2.05) is 0 Å². The number of hydrogen-bond donors (Lipinski definition) is 1. The van der Waals surface area contributed by atoms with Crippen LogP contribution in [0.4, 0.5) is 8.78 Å². The second-order valence-corrected chi connectivity index (χ2v) is 7.39. The Morgan fingerprint density at radius 2 is 1.81 bits per heavy atom. The van der Waals surface area contributed by atoms with Gasteiger partial charge in [-0.1, -0.05) is 24.3 Å². The van der Waals surface area contributed by atoms with E-state index in [4.69, 9.17) is 9.47 Å². The third-order valence-corrected chi connectivity index (χ3v) is 4.92. The second kappa shape index (κ2) is 10.7. The van der Waals surface area contributed by atoms with E-state index < -0.39 is 0 Å². The summed E-state index contributed by atoms with van der Waals surface area (Å²) in [5, 5.41) is 3.96. The molecule has 0 fully saturated rings. The average Bonchev–Trinajstić information content (AvgIpc) is 2.75. The number of amides is 1. The Balaban J connectivity index is 1.63. The Labute approximate surface area is 186 Å². The highest BCUT2D eigenvalue weighted by atomic mass is 79.9. The van der Waals surface area contributed by atoms with Crippen LogP contribution in [0.5, 0.6) is 11.5 Å². The number of nitrogens with one attached hydrogen (secondary N) is 1. The van der Waals surface area contributed by atoms with Gasteiger partial charge in [-0.15, -0.1) is 0 Å². The van der Waals surface area contributed by atoms with E-state index >= 15 is 0 Å². The maximum absolute atomic E-state index is 13.3. The van der Waals surface area contributed by atoms with Gasteiger partial charge in [0.1, 0.15) is 18.2 Å². The van der Waals surface area contributed by atoms with Crippen molar-refractivity contribution in [1.82, 2.24) is 5.43 Å². The van der Waals surface area contributed by atoms with Gasteiger partial charge in [-0.25, -0.2) is 14.2 Å². The number of methoxy groups -OCH3 is 1. The first kappa shape index (κ1) is 22.4. The van der Waals surface area contributed by atoms with Gasteiger partial charge >= 0.3 is 0 Å². The summed E-state index contributed by atoms with van der Waals surface area (Å²) in [6.45, 7) is 0.174. The topological polar surface area (TPSA) is 59.9 Å². The number of hydrogen-bond acceptors (Lipinski definition) is 4. The Morgan fingerprint density at radius 1 is 1.03 bits per heavy atom. The quantitative estimate of drug-likeness (QED) is 0.358. The summed E-state index contributed by atoms with van der Waals surface area (Å²) in [4.78, 5) is 12.0.